The van der Waals surface area contributed by atoms with E-state index >= 15 is 0 Å². The summed E-state index contributed by atoms with van der Waals surface area (Å²) < 4.78 is 11.8. The predicted molar refractivity (Wildman–Crippen MR) is 131 cm³/mol. The molecular formula is C27H43BrO5. The van der Waals surface area contributed by atoms with Crippen LogP contribution < -0.4 is 0 Å². The molecule has 5 nitrogen and oxygen atoms in total. The van der Waals surface area contributed by atoms with Crippen LogP contribution in [-0.2, 0) is 19.1 Å². The Morgan fingerprint density at radius 3 is 2.39 bits per heavy atom. The fourth-order valence-electron chi connectivity index (χ4n) is 8.22. The lowest BCUT2D eigenvalue weighted by Crippen LogP contribution is -2.59. The fraction of sp³-hybridized carbons (Fsp3) is 0.926. The standard InChI is InChI=1S/C27H43BrO5/c1-5-7-8-23(31)32-17-9-11-26(3)16(13-17)14-21(29)24-18(26)10-12-27(4)19(24)15-20(28)25(27)33-22(30)6-2/h16-21,24-25,29H,5-15H2,1-4H3/t16?,17-,18?,19?,20+,21-,24?,25-,26-,27-/m0/s1. The Morgan fingerprint density at radius 1 is 0.970 bits per heavy atom. The number of esters is 2. The Labute approximate surface area is 207 Å². The monoisotopic (exact) mass is 526 g/mol. The lowest BCUT2D eigenvalue weighted by molar-refractivity contribution is -0.189. The fourth-order valence-corrected chi connectivity index (χ4v) is 9.33. The highest BCUT2D eigenvalue weighted by molar-refractivity contribution is 9.09. The zero-order chi connectivity index (χ0) is 24.0. The van der Waals surface area contributed by atoms with Crippen LogP contribution in [-0.4, -0.2) is 40.2 Å². The first-order valence-corrected chi connectivity index (χ1v) is 14.3. The molecule has 4 aliphatic carbocycles. The molecule has 0 radical (unpaired) electrons. The molecule has 4 fully saturated rings. The molecule has 0 bridgehead atoms. The topological polar surface area (TPSA) is 72.8 Å². The molecule has 188 valence electrons. The van der Waals surface area contributed by atoms with Crippen molar-refractivity contribution in [2.75, 3.05) is 0 Å². The van der Waals surface area contributed by atoms with E-state index in [1.807, 2.05) is 6.92 Å². The van der Waals surface area contributed by atoms with E-state index in [0.29, 0.717) is 30.6 Å². The third kappa shape index (κ3) is 4.52. The van der Waals surface area contributed by atoms with Crippen molar-refractivity contribution in [1.82, 2.24) is 0 Å². The van der Waals surface area contributed by atoms with Gasteiger partial charge in [0.2, 0.25) is 0 Å². The van der Waals surface area contributed by atoms with E-state index in [1.54, 1.807) is 0 Å². The number of carbonyl (C=O) groups is 2. The number of fused-ring (bicyclic) bond motifs is 5. The van der Waals surface area contributed by atoms with Crippen LogP contribution in [0.1, 0.15) is 98.3 Å². The average molecular weight is 528 g/mol. The second kappa shape index (κ2) is 9.79. The quantitative estimate of drug-likeness (QED) is 0.349. The molecule has 33 heavy (non-hydrogen) atoms. The van der Waals surface area contributed by atoms with Gasteiger partial charge in [0.15, 0.2) is 0 Å². The van der Waals surface area contributed by atoms with Gasteiger partial charge >= 0.3 is 11.9 Å². The van der Waals surface area contributed by atoms with Crippen LogP contribution >= 0.6 is 15.9 Å². The second-order valence-electron chi connectivity index (χ2n) is 11.8. The summed E-state index contributed by atoms with van der Waals surface area (Å²) in [5.74, 6) is 1.28. The molecule has 4 saturated carbocycles. The molecule has 4 aliphatic rings. The summed E-state index contributed by atoms with van der Waals surface area (Å²) in [6.45, 7) is 8.66. The van der Waals surface area contributed by atoms with E-state index in [1.165, 1.54) is 0 Å². The number of halogens is 1. The number of aliphatic hydroxyl groups is 1. The van der Waals surface area contributed by atoms with Gasteiger partial charge in [-0.1, -0.05) is 50.0 Å². The number of unbranched alkanes of at least 4 members (excludes halogenated alkanes) is 1. The molecule has 1 N–H and O–H groups in total. The van der Waals surface area contributed by atoms with Crippen molar-refractivity contribution in [3.05, 3.63) is 0 Å². The Kier molecular flexibility index (Phi) is 7.56. The first-order valence-electron chi connectivity index (χ1n) is 13.3. The maximum Gasteiger partial charge on any atom is 0.306 e. The van der Waals surface area contributed by atoms with Crippen LogP contribution in [0.15, 0.2) is 0 Å². The van der Waals surface area contributed by atoms with Crippen molar-refractivity contribution in [2.45, 2.75) is 121 Å². The number of hydrogen-bond donors (Lipinski definition) is 1. The summed E-state index contributed by atoms with van der Waals surface area (Å²) in [5, 5.41) is 11.5. The van der Waals surface area contributed by atoms with Crippen LogP contribution in [0.4, 0.5) is 0 Å². The SMILES string of the molecule is CCCCC(=O)O[C@H]1CC[C@@]2(C)C(C1)C[C@H](O)C1C2CC[C@@]2(C)C1C[C@@H](Br)[C@@H]2OC(=O)CC. The molecule has 0 amide bonds. The van der Waals surface area contributed by atoms with Crippen molar-refractivity contribution in [1.29, 1.82) is 0 Å². The number of carbonyl (C=O) groups excluding carboxylic acids is 2. The largest absolute Gasteiger partial charge is 0.462 e. The van der Waals surface area contributed by atoms with E-state index < -0.39 is 0 Å². The summed E-state index contributed by atoms with van der Waals surface area (Å²) in [7, 11) is 0. The average Bonchev–Trinajstić information content (AvgIpc) is 3.03. The number of alkyl halides is 1. The molecule has 0 aromatic heterocycles. The number of aliphatic hydroxyl groups excluding tert-OH is 1. The van der Waals surface area contributed by atoms with Crippen molar-refractivity contribution in [3.63, 3.8) is 0 Å². The number of hydrogen-bond acceptors (Lipinski definition) is 5. The van der Waals surface area contributed by atoms with Gasteiger partial charge < -0.3 is 14.6 Å². The van der Waals surface area contributed by atoms with Gasteiger partial charge in [-0.05, 0) is 80.5 Å². The maximum absolute atomic E-state index is 12.2. The maximum atomic E-state index is 12.2. The van der Waals surface area contributed by atoms with Gasteiger partial charge in [-0.25, -0.2) is 0 Å². The van der Waals surface area contributed by atoms with Crippen molar-refractivity contribution >= 4 is 27.9 Å². The lowest BCUT2D eigenvalue weighted by Gasteiger charge is -2.62. The molecule has 0 heterocycles. The van der Waals surface area contributed by atoms with Crippen LogP contribution in [0.2, 0.25) is 0 Å². The normalized spacial score (nSPS) is 46.6. The lowest BCUT2D eigenvalue weighted by atomic mass is 9.44. The highest BCUT2D eigenvalue weighted by Crippen LogP contribution is 2.67. The molecular weight excluding hydrogens is 484 g/mol. The van der Waals surface area contributed by atoms with E-state index in [2.05, 4.69) is 36.7 Å². The van der Waals surface area contributed by atoms with Crippen LogP contribution in [0.3, 0.4) is 0 Å². The third-order valence-corrected chi connectivity index (χ3v) is 11.0. The highest BCUT2D eigenvalue weighted by Gasteiger charge is 2.65. The van der Waals surface area contributed by atoms with E-state index in [-0.39, 0.29) is 51.8 Å². The minimum Gasteiger partial charge on any atom is -0.462 e. The Balaban J connectivity index is 1.49. The van der Waals surface area contributed by atoms with Gasteiger partial charge in [0.05, 0.1) is 10.9 Å². The smallest absolute Gasteiger partial charge is 0.306 e. The van der Waals surface area contributed by atoms with Crippen LogP contribution in [0.5, 0.6) is 0 Å². The molecule has 6 heteroatoms. The van der Waals surface area contributed by atoms with Gasteiger partial charge in [-0.3, -0.25) is 9.59 Å². The van der Waals surface area contributed by atoms with Crippen LogP contribution in [0, 0.1) is 34.5 Å². The third-order valence-electron chi connectivity index (χ3n) is 10.1. The zero-order valence-corrected chi connectivity index (χ0v) is 22.4. The van der Waals surface area contributed by atoms with E-state index in [4.69, 9.17) is 9.47 Å². The molecule has 0 spiro atoms. The van der Waals surface area contributed by atoms with Gasteiger partial charge in [0.25, 0.3) is 0 Å². The summed E-state index contributed by atoms with van der Waals surface area (Å²) >= 11 is 3.85. The molecule has 10 atom stereocenters. The Bertz CT molecular complexity index is 742. The first-order chi connectivity index (χ1) is 15.6. The molecule has 4 unspecified atom stereocenters. The van der Waals surface area contributed by atoms with Gasteiger partial charge in [-0.2, -0.15) is 0 Å². The highest BCUT2D eigenvalue weighted by atomic mass is 79.9. The van der Waals surface area contributed by atoms with Crippen molar-refractivity contribution in [3.8, 4) is 0 Å². The summed E-state index contributed by atoms with van der Waals surface area (Å²) in [6, 6.07) is 0. The first kappa shape index (κ1) is 25.5. The van der Waals surface area contributed by atoms with Gasteiger partial charge in [0, 0.05) is 18.3 Å². The molecule has 4 rings (SSSR count). The predicted octanol–water partition coefficient (Wildman–Crippen LogP) is 5.80. The summed E-state index contributed by atoms with van der Waals surface area (Å²) in [6.07, 6.45) is 9.08. The van der Waals surface area contributed by atoms with E-state index in [9.17, 15) is 14.7 Å². The van der Waals surface area contributed by atoms with E-state index in [0.717, 1.165) is 57.8 Å². The van der Waals surface area contributed by atoms with Gasteiger partial charge in [0.1, 0.15) is 12.2 Å². The molecule has 0 saturated heterocycles. The summed E-state index contributed by atoms with van der Waals surface area (Å²) in [4.78, 5) is 24.5. The minimum absolute atomic E-state index is 0.00118. The Hall–Kier alpha value is -0.620. The molecule has 0 aromatic rings. The van der Waals surface area contributed by atoms with Crippen molar-refractivity contribution in [2.24, 2.45) is 34.5 Å². The number of ether oxygens (including phenoxy) is 2. The van der Waals surface area contributed by atoms with Crippen LogP contribution in [0.25, 0.3) is 0 Å². The molecule has 0 aromatic carbocycles. The van der Waals surface area contributed by atoms with Gasteiger partial charge in [-0.15, -0.1) is 0 Å². The Morgan fingerprint density at radius 2 is 1.70 bits per heavy atom. The number of rotatable bonds is 6. The molecule has 0 aliphatic heterocycles. The van der Waals surface area contributed by atoms with Crippen molar-refractivity contribution < 1.29 is 24.2 Å². The summed E-state index contributed by atoms with van der Waals surface area (Å²) in [5.41, 5.74) is 0.0912. The minimum atomic E-state index is -0.340. The zero-order valence-electron chi connectivity index (χ0n) is 20.9. The second-order valence-corrected chi connectivity index (χ2v) is 13.0.